The minimum atomic E-state index is 0.482. The molecule has 1 aliphatic rings. The van der Waals surface area contributed by atoms with Crippen LogP contribution in [0.25, 0.3) is 0 Å². The van der Waals surface area contributed by atoms with Crippen LogP contribution in [0.2, 0.25) is 10.0 Å². The van der Waals surface area contributed by atoms with Crippen molar-refractivity contribution in [2.75, 3.05) is 0 Å². The normalized spacial score (nSPS) is 14.2. The Morgan fingerprint density at radius 2 is 1.90 bits per heavy atom. The Morgan fingerprint density at radius 3 is 2.57 bits per heavy atom. The quantitative estimate of drug-likeness (QED) is 0.700. The van der Waals surface area contributed by atoms with E-state index in [-0.39, 0.29) is 0 Å². The average molecular weight is 387 g/mol. The number of nitrogens with one attached hydrogen (secondary N) is 1. The van der Waals surface area contributed by atoms with Crippen LogP contribution in [0.15, 0.2) is 40.9 Å². The van der Waals surface area contributed by atoms with E-state index in [9.17, 15) is 0 Å². The van der Waals surface area contributed by atoms with Crippen molar-refractivity contribution in [2.24, 2.45) is 0 Å². The van der Waals surface area contributed by atoms with Crippen molar-refractivity contribution >= 4 is 39.1 Å². The summed E-state index contributed by atoms with van der Waals surface area (Å²) < 4.78 is 6.75. The highest BCUT2D eigenvalue weighted by atomic mass is 79.9. The maximum absolute atomic E-state index is 5.99. The first-order valence-electron chi connectivity index (χ1n) is 6.76. The van der Waals surface area contributed by atoms with Gasteiger partial charge in [0.25, 0.3) is 0 Å². The molecule has 110 valence electrons. The molecule has 0 aromatic heterocycles. The molecular weight excluding hydrogens is 373 g/mol. The van der Waals surface area contributed by atoms with Crippen molar-refractivity contribution in [3.63, 3.8) is 0 Å². The van der Waals surface area contributed by atoms with Gasteiger partial charge in [0.15, 0.2) is 0 Å². The van der Waals surface area contributed by atoms with Gasteiger partial charge in [0.05, 0.1) is 14.5 Å². The lowest BCUT2D eigenvalue weighted by Gasteiger charge is -2.10. The maximum atomic E-state index is 5.99. The maximum Gasteiger partial charge on any atom is 0.141 e. The lowest BCUT2D eigenvalue weighted by atomic mass is 10.2. The van der Waals surface area contributed by atoms with E-state index in [1.54, 1.807) is 18.2 Å². The molecule has 0 bridgehead atoms. The highest BCUT2D eigenvalue weighted by Crippen LogP contribution is 2.33. The molecule has 0 atom stereocenters. The van der Waals surface area contributed by atoms with Crippen molar-refractivity contribution in [3.05, 3.63) is 56.5 Å². The summed E-state index contributed by atoms with van der Waals surface area (Å²) in [4.78, 5) is 0. The van der Waals surface area contributed by atoms with Crippen LogP contribution < -0.4 is 10.1 Å². The monoisotopic (exact) mass is 385 g/mol. The van der Waals surface area contributed by atoms with Gasteiger partial charge in [-0.3, -0.25) is 0 Å². The number of rotatable bonds is 5. The third-order valence-electron chi connectivity index (χ3n) is 3.29. The molecule has 0 saturated heterocycles. The number of hydrogen-bond donors (Lipinski definition) is 1. The fraction of sp³-hybridized carbons (Fsp3) is 0.250. The van der Waals surface area contributed by atoms with Crippen LogP contribution in [0.3, 0.4) is 0 Å². The molecule has 2 aromatic carbocycles. The summed E-state index contributed by atoms with van der Waals surface area (Å²) in [5, 5.41) is 4.49. The largest absolute Gasteiger partial charge is 0.456 e. The molecule has 1 aliphatic carbocycles. The van der Waals surface area contributed by atoms with Crippen molar-refractivity contribution in [1.29, 1.82) is 0 Å². The van der Waals surface area contributed by atoms with E-state index in [1.165, 1.54) is 18.4 Å². The van der Waals surface area contributed by atoms with Crippen LogP contribution in [0, 0.1) is 0 Å². The second-order valence-electron chi connectivity index (χ2n) is 5.10. The van der Waals surface area contributed by atoms with Gasteiger partial charge in [-0.05, 0) is 58.6 Å². The van der Waals surface area contributed by atoms with Gasteiger partial charge in [0.2, 0.25) is 0 Å². The Kier molecular flexibility index (Phi) is 4.75. The molecule has 0 amide bonds. The number of halogens is 3. The number of hydrogen-bond acceptors (Lipinski definition) is 2. The van der Waals surface area contributed by atoms with Gasteiger partial charge in [0, 0.05) is 18.7 Å². The smallest absolute Gasteiger partial charge is 0.141 e. The fourth-order valence-corrected chi connectivity index (χ4v) is 2.75. The third kappa shape index (κ3) is 4.13. The standard InChI is InChI=1S/C16H14BrCl2NO/c17-13-7-10(9-20-11-2-3-11)1-6-16(13)21-12-4-5-14(18)15(19)8-12/h1,4-8,11,20H,2-3,9H2. The zero-order valence-corrected chi connectivity index (χ0v) is 14.3. The predicted molar refractivity (Wildman–Crippen MR) is 90.5 cm³/mol. The van der Waals surface area contributed by atoms with E-state index in [1.807, 2.05) is 6.07 Å². The van der Waals surface area contributed by atoms with Gasteiger partial charge in [0.1, 0.15) is 11.5 Å². The Labute approximate surface area is 142 Å². The van der Waals surface area contributed by atoms with Gasteiger partial charge >= 0.3 is 0 Å². The molecule has 3 rings (SSSR count). The Morgan fingerprint density at radius 1 is 1.10 bits per heavy atom. The van der Waals surface area contributed by atoms with Gasteiger partial charge in [-0.1, -0.05) is 29.3 Å². The van der Waals surface area contributed by atoms with Crippen LogP contribution in [-0.2, 0) is 6.54 Å². The summed E-state index contributed by atoms with van der Waals surface area (Å²) in [5.41, 5.74) is 1.23. The Balaban J connectivity index is 1.70. The zero-order valence-electron chi connectivity index (χ0n) is 11.2. The summed E-state index contributed by atoms with van der Waals surface area (Å²) >= 11 is 15.4. The van der Waals surface area contributed by atoms with Crippen molar-refractivity contribution < 1.29 is 4.74 Å². The molecule has 1 fully saturated rings. The Hall–Kier alpha value is -0.740. The molecule has 0 heterocycles. The van der Waals surface area contributed by atoms with Crippen LogP contribution in [0.4, 0.5) is 0 Å². The van der Waals surface area contributed by atoms with Crippen LogP contribution in [0.1, 0.15) is 18.4 Å². The summed E-state index contributed by atoms with van der Waals surface area (Å²) in [6.45, 7) is 0.885. The van der Waals surface area contributed by atoms with E-state index < -0.39 is 0 Å². The predicted octanol–water partition coefficient (Wildman–Crippen LogP) is 5.80. The topological polar surface area (TPSA) is 21.3 Å². The molecule has 0 aliphatic heterocycles. The summed E-state index contributed by atoms with van der Waals surface area (Å²) in [6, 6.07) is 12.0. The highest BCUT2D eigenvalue weighted by molar-refractivity contribution is 9.10. The van der Waals surface area contributed by atoms with Gasteiger partial charge in [-0.25, -0.2) is 0 Å². The molecular formula is C16H14BrCl2NO. The minimum Gasteiger partial charge on any atom is -0.456 e. The van der Waals surface area contributed by atoms with Crippen molar-refractivity contribution in [3.8, 4) is 11.5 Å². The molecule has 2 nitrogen and oxygen atoms in total. The molecule has 21 heavy (non-hydrogen) atoms. The molecule has 0 radical (unpaired) electrons. The highest BCUT2D eigenvalue weighted by Gasteiger charge is 2.20. The van der Waals surface area contributed by atoms with Gasteiger partial charge in [-0.15, -0.1) is 0 Å². The first kappa shape index (κ1) is 15.2. The summed E-state index contributed by atoms with van der Waals surface area (Å²) in [5.74, 6) is 1.41. The van der Waals surface area contributed by atoms with Crippen LogP contribution in [-0.4, -0.2) is 6.04 Å². The Bertz CT molecular complexity index is 659. The number of ether oxygens (including phenoxy) is 1. The van der Waals surface area contributed by atoms with E-state index >= 15 is 0 Å². The third-order valence-corrected chi connectivity index (χ3v) is 4.65. The first-order chi connectivity index (χ1) is 10.1. The lowest BCUT2D eigenvalue weighted by molar-refractivity contribution is 0.479. The average Bonchev–Trinajstić information content (AvgIpc) is 3.27. The molecule has 1 N–H and O–H groups in total. The molecule has 0 unspecified atom stereocenters. The van der Waals surface area contributed by atoms with Crippen molar-refractivity contribution in [1.82, 2.24) is 5.32 Å². The summed E-state index contributed by atoms with van der Waals surface area (Å²) in [7, 11) is 0. The minimum absolute atomic E-state index is 0.482. The second kappa shape index (κ2) is 6.57. The van der Waals surface area contributed by atoms with Crippen LogP contribution in [0.5, 0.6) is 11.5 Å². The van der Waals surface area contributed by atoms with E-state index in [0.717, 1.165) is 16.8 Å². The molecule has 0 spiro atoms. The van der Waals surface area contributed by atoms with Crippen LogP contribution >= 0.6 is 39.1 Å². The van der Waals surface area contributed by atoms with Crippen molar-refractivity contribution in [2.45, 2.75) is 25.4 Å². The van der Waals surface area contributed by atoms with E-state index in [2.05, 4.69) is 33.4 Å². The van der Waals surface area contributed by atoms with Gasteiger partial charge in [-0.2, -0.15) is 0 Å². The molecule has 5 heteroatoms. The van der Waals surface area contributed by atoms with E-state index in [4.69, 9.17) is 27.9 Å². The van der Waals surface area contributed by atoms with E-state index in [0.29, 0.717) is 21.8 Å². The molecule has 2 aromatic rings. The fourth-order valence-electron chi connectivity index (χ4n) is 1.95. The van der Waals surface area contributed by atoms with Gasteiger partial charge < -0.3 is 10.1 Å². The summed E-state index contributed by atoms with van der Waals surface area (Å²) in [6.07, 6.45) is 2.58. The second-order valence-corrected chi connectivity index (χ2v) is 6.77. The zero-order chi connectivity index (χ0) is 14.8. The first-order valence-corrected chi connectivity index (χ1v) is 8.31. The lowest BCUT2D eigenvalue weighted by Crippen LogP contribution is -2.15. The SMILES string of the molecule is Clc1ccc(Oc2ccc(CNC3CC3)cc2Br)cc1Cl. The number of benzene rings is 2. The molecule has 1 saturated carbocycles.